The SMILES string of the molecule is CN(CC(=O)N1C2CCNCC1CC2)c1ccccc1[N+](=O)[O-]. The highest BCUT2D eigenvalue weighted by molar-refractivity contribution is 5.83. The number of benzene rings is 1. The van der Waals surface area contributed by atoms with E-state index in [0.717, 1.165) is 32.4 Å². The summed E-state index contributed by atoms with van der Waals surface area (Å²) >= 11 is 0. The van der Waals surface area contributed by atoms with Gasteiger partial charge in [-0.1, -0.05) is 12.1 Å². The third-order valence-corrected chi connectivity index (χ3v) is 4.80. The van der Waals surface area contributed by atoms with Gasteiger partial charge in [0.1, 0.15) is 5.69 Å². The van der Waals surface area contributed by atoms with Crippen LogP contribution in [0.15, 0.2) is 24.3 Å². The highest BCUT2D eigenvalue weighted by atomic mass is 16.6. The molecule has 0 radical (unpaired) electrons. The number of rotatable bonds is 4. The number of anilines is 1. The number of carbonyl (C=O) groups excluding carboxylic acids is 1. The van der Waals surface area contributed by atoms with Crippen LogP contribution in [-0.2, 0) is 4.79 Å². The highest BCUT2D eigenvalue weighted by Crippen LogP contribution is 2.30. The molecule has 2 heterocycles. The first-order valence-corrected chi connectivity index (χ1v) is 8.04. The van der Waals surface area contributed by atoms with Gasteiger partial charge < -0.3 is 15.1 Å². The number of para-hydroxylation sites is 2. The summed E-state index contributed by atoms with van der Waals surface area (Å²) in [5, 5.41) is 14.5. The predicted octanol–water partition coefficient (Wildman–Crippen LogP) is 1.38. The fourth-order valence-electron chi connectivity index (χ4n) is 3.70. The molecule has 1 N–H and O–H groups in total. The van der Waals surface area contributed by atoms with Gasteiger partial charge in [-0.15, -0.1) is 0 Å². The van der Waals surface area contributed by atoms with Gasteiger partial charge in [-0.25, -0.2) is 0 Å². The molecule has 2 atom stereocenters. The third-order valence-electron chi connectivity index (χ3n) is 4.80. The monoisotopic (exact) mass is 318 g/mol. The molecule has 0 spiro atoms. The van der Waals surface area contributed by atoms with E-state index in [0.29, 0.717) is 11.7 Å². The van der Waals surface area contributed by atoms with E-state index in [-0.39, 0.29) is 24.2 Å². The normalized spacial score (nSPS) is 23.4. The molecule has 7 heteroatoms. The molecule has 3 rings (SSSR count). The summed E-state index contributed by atoms with van der Waals surface area (Å²) in [4.78, 5) is 27.2. The van der Waals surface area contributed by atoms with Crippen molar-refractivity contribution in [3.05, 3.63) is 34.4 Å². The summed E-state index contributed by atoms with van der Waals surface area (Å²) in [6.45, 7) is 1.96. The van der Waals surface area contributed by atoms with Crippen molar-refractivity contribution in [1.29, 1.82) is 0 Å². The molecular formula is C16H22N4O3. The Morgan fingerprint density at radius 3 is 2.87 bits per heavy atom. The van der Waals surface area contributed by atoms with E-state index < -0.39 is 4.92 Å². The smallest absolute Gasteiger partial charge is 0.292 e. The predicted molar refractivity (Wildman–Crippen MR) is 87.5 cm³/mol. The summed E-state index contributed by atoms with van der Waals surface area (Å²) in [5.74, 6) is 0.0573. The number of nitrogens with one attached hydrogen (secondary N) is 1. The Hall–Kier alpha value is -2.15. The lowest BCUT2D eigenvalue weighted by Gasteiger charge is -2.30. The molecule has 0 aromatic heterocycles. The Morgan fingerprint density at radius 1 is 1.35 bits per heavy atom. The van der Waals surface area contributed by atoms with Gasteiger partial charge in [-0.3, -0.25) is 14.9 Å². The quantitative estimate of drug-likeness (QED) is 0.670. The van der Waals surface area contributed by atoms with E-state index in [1.807, 2.05) is 4.90 Å². The molecule has 124 valence electrons. The van der Waals surface area contributed by atoms with Gasteiger partial charge in [0.2, 0.25) is 5.91 Å². The fraction of sp³-hybridized carbons (Fsp3) is 0.562. The number of nitro benzene ring substituents is 1. The first kappa shape index (κ1) is 15.7. The number of nitrogens with zero attached hydrogens (tertiary/aromatic N) is 3. The maximum absolute atomic E-state index is 12.8. The molecule has 2 aliphatic rings. The van der Waals surface area contributed by atoms with Gasteiger partial charge in [0.25, 0.3) is 5.69 Å². The Bertz CT molecular complexity index is 593. The van der Waals surface area contributed by atoms with Crippen LogP contribution in [0, 0.1) is 10.1 Å². The summed E-state index contributed by atoms with van der Waals surface area (Å²) in [5.41, 5.74) is 0.509. The van der Waals surface area contributed by atoms with E-state index in [2.05, 4.69) is 5.32 Å². The van der Waals surface area contributed by atoms with Crippen molar-refractivity contribution in [1.82, 2.24) is 10.2 Å². The molecule has 2 fully saturated rings. The van der Waals surface area contributed by atoms with Gasteiger partial charge >= 0.3 is 0 Å². The Morgan fingerprint density at radius 2 is 2.09 bits per heavy atom. The lowest BCUT2D eigenvalue weighted by atomic mass is 10.1. The van der Waals surface area contributed by atoms with Crippen molar-refractivity contribution in [2.45, 2.75) is 31.3 Å². The van der Waals surface area contributed by atoms with E-state index in [1.54, 1.807) is 30.1 Å². The molecular weight excluding hydrogens is 296 g/mol. The minimum Gasteiger partial charge on any atom is -0.360 e. The first-order chi connectivity index (χ1) is 11.1. The zero-order valence-electron chi connectivity index (χ0n) is 13.3. The van der Waals surface area contributed by atoms with Crippen LogP contribution in [0.4, 0.5) is 11.4 Å². The van der Waals surface area contributed by atoms with E-state index in [9.17, 15) is 14.9 Å². The van der Waals surface area contributed by atoms with Crippen LogP contribution in [0.25, 0.3) is 0 Å². The molecule has 0 aliphatic carbocycles. The van der Waals surface area contributed by atoms with E-state index in [4.69, 9.17) is 0 Å². The third kappa shape index (κ3) is 3.14. The molecule has 7 nitrogen and oxygen atoms in total. The van der Waals surface area contributed by atoms with Crippen molar-refractivity contribution < 1.29 is 9.72 Å². The Balaban J connectivity index is 1.74. The van der Waals surface area contributed by atoms with Crippen molar-refractivity contribution in [2.75, 3.05) is 31.6 Å². The van der Waals surface area contributed by atoms with Crippen LogP contribution in [0.5, 0.6) is 0 Å². The van der Waals surface area contributed by atoms with Crippen LogP contribution in [0.2, 0.25) is 0 Å². The molecule has 1 aromatic carbocycles. The zero-order chi connectivity index (χ0) is 16.4. The van der Waals surface area contributed by atoms with Gasteiger partial charge in [0.15, 0.2) is 0 Å². The molecule has 0 saturated carbocycles. The van der Waals surface area contributed by atoms with Crippen molar-refractivity contribution >= 4 is 17.3 Å². The number of amides is 1. The van der Waals surface area contributed by atoms with E-state index >= 15 is 0 Å². The standard InChI is InChI=1S/C16H22N4O3/c1-18(14-4-2-3-5-15(14)20(22)23)11-16(21)19-12-6-7-13(19)10-17-9-8-12/h2-5,12-13,17H,6-11H2,1H3. The van der Waals surface area contributed by atoms with Crippen LogP contribution in [0.3, 0.4) is 0 Å². The molecule has 23 heavy (non-hydrogen) atoms. The summed E-state index contributed by atoms with van der Waals surface area (Å²) < 4.78 is 0. The molecule has 1 aromatic rings. The average molecular weight is 318 g/mol. The number of likely N-dealkylation sites (N-methyl/N-ethyl adjacent to an activating group) is 1. The maximum Gasteiger partial charge on any atom is 0.292 e. The summed E-state index contributed by atoms with van der Waals surface area (Å²) in [7, 11) is 1.73. The maximum atomic E-state index is 12.8. The summed E-state index contributed by atoms with van der Waals surface area (Å²) in [6.07, 6.45) is 3.09. The Kier molecular flexibility index (Phi) is 4.47. The van der Waals surface area contributed by atoms with Gasteiger partial charge in [-0.05, 0) is 31.9 Å². The second kappa shape index (κ2) is 6.54. The number of nitro groups is 1. The molecule has 1 amide bonds. The van der Waals surface area contributed by atoms with Gasteiger partial charge in [0, 0.05) is 31.7 Å². The molecule has 2 aliphatic heterocycles. The second-order valence-electron chi connectivity index (χ2n) is 6.28. The fourth-order valence-corrected chi connectivity index (χ4v) is 3.70. The zero-order valence-corrected chi connectivity index (χ0v) is 13.3. The van der Waals surface area contributed by atoms with Crippen LogP contribution >= 0.6 is 0 Å². The Labute approximate surface area is 135 Å². The number of fused-ring (bicyclic) bond motifs is 2. The van der Waals surface area contributed by atoms with Gasteiger partial charge in [-0.2, -0.15) is 0 Å². The minimum absolute atomic E-state index is 0.0308. The lowest BCUT2D eigenvalue weighted by Crippen LogP contribution is -2.46. The van der Waals surface area contributed by atoms with E-state index in [1.165, 1.54) is 6.07 Å². The largest absolute Gasteiger partial charge is 0.360 e. The molecule has 2 unspecified atom stereocenters. The average Bonchev–Trinajstić information content (AvgIpc) is 2.80. The van der Waals surface area contributed by atoms with Crippen molar-refractivity contribution in [3.8, 4) is 0 Å². The summed E-state index contributed by atoms with van der Waals surface area (Å²) in [6, 6.07) is 7.11. The highest BCUT2D eigenvalue weighted by Gasteiger charge is 2.38. The van der Waals surface area contributed by atoms with Crippen molar-refractivity contribution in [3.63, 3.8) is 0 Å². The van der Waals surface area contributed by atoms with Gasteiger partial charge in [0.05, 0.1) is 11.5 Å². The topological polar surface area (TPSA) is 78.7 Å². The van der Waals surface area contributed by atoms with Crippen LogP contribution in [0.1, 0.15) is 19.3 Å². The lowest BCUT2D eigenvalue weighted by molar-refractivity contribution is -0.384. The second-order valence-corrected chi connectivity index (χ2v) is 6.28. The number of hydrogen-bond donors (Lipinski definition) is 1. The minimum atomic E-state index is -0.407. The number of carbonyl (C=O) groups is 1. The van der Waals surface area contributed by atoms with Crippen molar-refractivity contribution in [2.24, 2.45) is 0 Å². The first-order valence-electron chi connectivity index (χ1n) is 8.04. The number of hydrogen-bond acceptors (Lipinski definition) is 5. The van der Waals surface area contributed by atoms with Crippen LogP contribution < -0.4 is 10.2 Å². The molecule has 2 bridgehead atoms. The molecule has 2 saturated heterocycles. The van der Waals surface area contributed by atoms with Crippen LogP contribution in [-0.4, -0.2) is 54.5 Å².